The second kappa shape index (κ2) is 15.5. The van der Waals surface area contributed by atoms with E-state index >= 15 is 0 Å². The van der Waals surface area contributed by atoms with Crippen molar-refractivity contribution in [2.45, 2.75) is 0 Å². The van der Waals surface area contributed by atoms with Crippen LogP contribution in [0.5, 0.6) is 0 Å². The predicted molar refractivity (Wildman–Crippen MR) is 293 cm³/mol. The maximum atomic E-state index is 12.2. The van der Waals surface area contributed by atoms with Gasteiger partial charge in [0.1, 0.15) is 17.3 Å². The van der Waals surface area contributed by atoms with Crippen LogP contribution in [0.3, 0.4) is 0 Å². The van der Waals surface area contributed by atoms with Crippen LogP contribution in [0.4, 0.5) is 0 Å². The lowest BCUT2D eigenvalue weighted by molar-refractivity contribution is 0.666. The number of nitriles is 1. The van der Waals surface area contributed by atoms with E-state index in [0.29, 0.717) is 33.5 Å². The Kier molecular flexibility index (Phi) is 8.59. The van der Waals surface area contributed by atoms with Crippen molar-refractivity contribution >= 4 is 87.4 Å². The SMILES string of the molecule is N#Cc1c(-n2c3ccccc3c3ccccc32)c(-n2c3ccccc3c3ccccc32)c(-n2c3ccccc3c3ccccc32)c2oc3c(-c4nc(-c5ccccc5)cc(-c5ccccc5)n4)cccc3c12. The van der Waals surface area contributed by atoms with Crippen molar-refractivity contribution in [1.82, 2.24) is 23.7 Å². The average molecular weight is 919 g/mol. The Morgan fingerprint density at radius 1 is 0.347 bits per heavy atom. The highest BCUT2D eigenvalue weighted by Crippen LogP contribution is 2.50. The molecule has 0 radical (unpaired) electrons. The van der Waals surface area contributed by atoms with Gasteiger partial charge in [0.15, 0.2) is 11.4 Å². The first kappa shape index (κ1) is 39.9. The van der Waals surface area contributed by atoms with E-state index in [2.05, 4.69) is 202 Å². The fourth-order valence-corrected chi connectivity index (χ4v) is 11.5. The summed E-state index contributed by atoms with van der Waals surface area (Å²) in [5.41, 5.74) is 14.2. The minimum absolute atomic E-state index is 0.484. The Morgan fingerprint density at radius 3 is 1.12 bits per heavy atom. The van der Waals surface area contributed by atoms with Crippen molar-refractivity contribution in [2.75, 3.05) is 0 Å². The number of aromatic nitrogens is 5. The fraction of sp³-hybridized carbons (Fsp3) is 0. The molecule has 0 spiro atoms. The molecule has 0 saturated heterocycles. The smallest absolute Gasteiger partial charge is 0.164 e. The summed E-state index contributed by atoms with van der Waals surface area (Å²) in [4.78, 5) is 10.6. The van der Waals surface area contributed by atoms with E-state index in [9.17, 15) is 5.26 Å². The topological polar surface area (TPSA) is 77.5 Å². The van der Waals surface area contributed by atoms with Crippen LogP contribution in [0, 0.1) is 11.3 Å². The van der Waals surface area contributed by atoms with Gasteiger partial charge in [-0.05, 0) is 48.5 Å². The fourth-order valence-electron chi connectivity index (χ4n) is 11.5. The highest BCUT2D eigenvalue weighted by atomic mass is 16.3. The van der Waals surface area contributed by atoms with Crippen LogP contribution in [0.2, 0.25) is 0 Å². The van der Waals surface area contributed by atoms with Gasteiger partial charge in [0.2, 0.25) is 0 Å². The second-order valence-corrected chi connectivity index (χ2v) is 18.3. The van der Waals surface area contributed by atoms with Crippen molar-refractivity contribution in [2.24, 2.45) is 0 Å². The van der Waals surface area contributed by atoms with Gasteiger partial charge in [0.25, 0.3) is 0 Å². The van der Waals surface area contributed by atoms with E-state index in [4.69, 9.17) is 14.4 Å². The molecule has 0 aliphatic rings. The van der Waals surface area contributed by atoms with Crippen LogP contribution in [0.1, 0.15) is 5.56 Å². The molecule has 5 heterocycles. The normalized spacial score (nSPS) is 11.9. The zero-order valence-electron chi connectivity index (χ0n) is 38.5. The van der Waals surface area contributed by atoms with Crippen molar-refractivity contribution in [3.05, 3.63) is 236 Å². The molecule has 0 unspecified atom stereocenters. The van der Waals surface area contributed by atoms with E-state index in [0.717, 1.165) is 110 Å². The Balaban J connectivity index is 1.20. The molecule has 0 amide bonds. The number of hydrogen-bond donors (Lipinski definition) is 0. The molecule has 7 heteroatoms. The molecular weight excluding hydrogens is 881 g/mol. The minimum Gasteiger partial charge on any atom is -0.453 e. The van der Waals surface area contributed by atoms with E-state index in [1.54, 1.807) is 0 Å². The largest absolute Gasteiger partial charge is 0.453 e. The Morgan fingerprint density at radius 2 is 0.708 bits per heavy atom. The first-order valence-electron chi connectivity index (χ1n) is 24.1. The van der Waals surface area contributed by atoms with Crippen molar-refractivity contribution < 1.29 is 4.42 Å². The summed E-state index contributed by atoms with van der Waals surface area (Å²) in [5.74, 6) is 0.516. The first-order valence-corrected chi connectivity index (χ1v) is 24.1. The minimum atomic E-state index is 0.484. The summed E-state index contributed by atoms with van der Waals surface area (Å²) in [5, 5.41) is 20.3. The van der Waals surface area contributed by atoms with Crippen LogP contribution in [0.25, 0.3) is 138 Å². The van der Waals surface area contributed by atoms with Gasteiger partial charge in [-0.3, -0.25) is 0 Å². The Hall–Kier alpha value is -10.0. The van der Waals surface area contributed by atoms with Gasteiger partial charge in [0.05, 0.1) is 72.4 Å². The number of hydrogen-bond acceptors (Lipinski definition) is 4. The highest BCUT2D eigenvalue weighted by Gasteiger charge is 2.33. The maximum absolute atomic E-state index is 12.2. The molecule has 0 atom stereocenters. The lowest BCUT2D eigenvalue weighted by Crippen LogP contribution is -2.12. The number of para-hydroxylation sites is 7. The van der Waals surface area contributed by atoms with Crippen molar-refractivity contribution in [3.8, 4) is 57.0 Å². The van der Waals surface area contributed by atoms with Gasteiger partial charge in [0, 0.05) is 48.8 Å². The van der Waals surface area contributed by atoms with Gasteiger partial charge in [-0.15, -0.1) is 0 Å². The standard InChI is InChI=1S/C65H38N6O/c66-39-50-59-48-30-19-31-49(65-67-51(40-20-3-1-4-21-40)38-52(68-65)41-22-5-2-6-23-41)63(48)72-64(59)62(71-57-36-17-11-28-46(57)47-29-12-18-37-58(47)71)61(70-55-34-15-9-26-44(55)45-27-10-16-35-56(45)70)60(50)69-53-32-13-7-24-42(53)43-25-8-14-33-54(43)69/h1-38H. The zero-order chi connectivity index (χ0) is 47.4. The molecule has 72 heavy (non-hydrogen) atoms. The molecule has 0 aliphatic carbocycles. The van der Waals surface area contributed by atoms with Gasteiger partial charge in [-0.2, -0.15) is 5.26 Å². The third kappa shape index (κ3) is 5.66. The summed E-state index contributed by atoms with van der Waals surface area (Å²) in [6.07, 6.45) is 0. The summed E-state index contributed by atoms with van der Waals surface area (Å²) < 4.78 is 14.7. The third-order valence-corrected chi connectivity index (χ3v) is 14.5. The lowest BCUT2D eigenvalue weighted by atomic mass is 9.99. The number of fused-ring (bicyclic) bond motifs is 12. The summed E-state index contributed by atoms with van der Waals surface area (Å²) >= 11 is 0. The average Bonchev–Trinajstić information content (AvgIpc) is 4.20. The number of nitrogens with zero attached hydrogens (tertiary/aromatic N) is 6. The third-order valence-electron chi connectivity index (χ3n) is 14.5. The molecule has 0 bridgehead atoms. The molecule has 0 saturated carbocycles. The number of benzene rings is 10. The second-order valence-electron chi connectivity index (χ2n) is 18.3. The molecule has 0 aliphatic heterocycles. The maximum Gasteiger partial charge on any atom is 0.164 e. The molecule has 334 valence electrons. The molecule has 7 nitrogen and oxygen atoms in total. The molecule has 15 aromatic rings. The van der Waals surface area contributed by atoms with E-state index in [1.807, 2.05) is 48.5 Å². The molecule has 15 rings (SSSR count). The van der Waals surface area contributed by atoms with Crippen LogP contribution in [-0.4, -0.2) is 23.7 Å². The predicted octanol–water partition coefficient (Wildman–Crippen LogP) is 16.5. The van der Waals surface area contributed by atoms with Crippen molar-refractivity contribution in [1.29, 1.82) is 5.26 Å². The molecule has 0 fully saturated rings. The highest BCUT2D eigenvalue weighted by molar-refractivity contribution is 6.21. The zero-order valence-corrected chi connectivity index (χ0v) is 38.5. The van der Waals surface area contributed by atoms with Crippen LogP contribution < -0.4 is 0 Å². The summed E-state index contributed by atoms with van der Waals surface area (Å²) in [6, 6.07) is 82.9. The van der Waals surface area contributed by atoms with Crippen molar-refractivity contribution in [3.63, 3.8) is 0 Å². The van der Waals surface area contributed by atoms with Crippen LogP contribution in [-0.2, 0) is 0 Å². The Labute approximate surface area is 411 Å². The molecule has 0 N–H and O–H groups in total. The summed E-state index contributed by atoms with van der Waals surface area (Å²) in [7, 11) is 0. The monoisotopic (exact) mass is 918 g/mol. The van der Waals surface area contributed by atoms with Gasteiger partial charge in [-0.1, -0.05) is 182 Å². The lowest BCUT2D eigenvalue weighted by Gasteiger charge is -2.23. The Bertz CT molecular complexity index is 4540. The van der Waals surface area contributed by atoms with E-state index < -0.39 is 0 Å². The summed E-state index contributed by atoms with van der Waals surface area (Å²) in [6.45, 7) is 0. The quantitative estimate of drug-likeness (QED) is 0.166. The van der Waals surface area contributed by atoms with Gasteiger partial charge in [-0.25, -0.2) is 9.97 Å². The number of furan rings is 1. The van der Waals surface area contributed by atoms with Gasteiger partial charge >= 0.3 is 0 Å². The first-order chi connectivity index (χ1) is 35.7. The molecular formula is C65H38N6O. The van der Waals surface area contributed by atoms with Gasteiger partial charge < -0.3 is 18.1 Å². The molecule has 10 aromatic carbocycles. The van der Waals surface area contributed by atoms with Crippen LogP contribution >= 0.6 is 0 Å². The molecule has 5 aromatic heterocycles. The van der Waals surface area contributed by atoms with E-state index in [1.165, 1.54) is 0 Å². The number of rotatable bonds is 6. The van der Waals surface area contributed by atoms with E-state index in [-0.39, 0.29) is 0 Å². The van der Waals surface area contributed by atoms with Crippen LogP contribution in [0.15, 0.2) is 235 Å².